The predicted octanol–water partition coefficient (Wildman–Crippen LogP) is 2.47. The van der Waals surface area contributed by atoms with Crippen molar-refractivity contribution in [3.05, 3.63) is 46.8 Å². The number of thiophene rings is 1. The van der Waals surface area contributed by atoms with E-state index in [-0.39, 0.29) is 12.5 Å². The van der Waals surface area contributed by atoms with Gasteiger partial charge in [0.25, 0.3) is 15.9 Å². The van der Waals surface area contributed by atoms with Crippen molar-refractivity contribution in [2.24, 2.45) is 0 Å². The molecule has 0 radical (unpaired) electrons. The number of hydrogen-bond donors (Lipinski definition) is 1. The molecule has 0 bridgehead atoms. The van der Waals surface area contributed by atoms with E-state index in [1.165, 1.54) is 15.6 Å². The van der Waals surface area contributed by atoms with Crippen LogP contribution in [0.1, 0.15) is 28.1 Å². The number of carbonyl (C=O) groups is 1. The molecule has 25 heavy (non-hydrogen) atoms. The minimum absolute atomic E-state index is 0.226. The summed E-state index contributed by atoms with van der Waals surface area (Å²) in [6.45, 7) is 1.46. The van der Waals surface area contributed by atoms with Crippen LogP contribution in [0.4, 0.5) is 0 Å². The fourth-order valence-electron chi connectivity index (χ4n) is 2.68. The van der Waals surface area contributed by atoms with E-state index in [0.717, 1.165) is 17.7 Å². The third kappa shape index (κ3) is 4.02. The van der Waals surface area contributed by atoms with Gasteiger partial charge in [-0.25, -0.2) is 8.42 Å². The van der Waals surface area contributed by atoms with Crippen molar-refractivity contribution < 1.29 is 17.9 Å². The molecule has 1 saturated heterocycles. The lowest BCUT2D eigenvalue weighted by Gasteiger charge is -2.13. The highest BCUT2D eigenvalue weighted by Gasteiger charge is 2.28. The van der Waals surface area contributed by atoms with E-state index < -0.39 is 10.0 Å². The first-order chi connectivity index (χ1) is 12.0. The SMILES string of the molecule is COc1cccc(C(=O)NCc2ccc(S(=O)(=O)N3CCCC3)s2)c1. The summed E-state index contributed by atoms with van der Waals surface area (Å²) in [5.74, 6) is 0.388. The molecule has 2 aromatic rings. The maximum Gasteiger partial charge on any atom is 0.252 e. The van der Waals surface area contributed by atoms with E-state index in [1.807, 2.05) is 0 Å². The molecule has 0 atom stereocenters. The van der Waals surface area contributed by atoms with Crippen molar-refractivity contribution in [1.82, 2.24) is 9.62 Å². The topological polar surface area (TPSA) is 75.7 Å². The third-order valence-corrected chi connectivity index (χ3v) is 7.50. The van der Waals surface area contributed by atoms with Gasteiger partial charge in [-0.3, -0.25) is 4.79 Å². The van der Waals surface area contributed by atoms with Gasteiger partial charge in [0.05, 0.1) is 13.7 Å². The van der Waals surface area contributed by atoms with Crippen LogP contribution in [0, 0.1) is 0 Å². The van der Waals surface area contributed by atoms with E-state index in [1.54, 1.807) is 43.5 Å². The van der Waals surface area contributed by atoms with Gasteiger partial charge in [0.15, 0.2) is 0 Å². The molecule has 2 heterocycles. The Balaban J connectivity index is 1.64. The average molecular weight is 380 g/mol. The van der Waals surface area contributed by atoms with Crippen molar-refractivity contribution in [2.45, 2.75) is 23.6 Å². The molecule has 8 heteroatoms. The highest BCUT2D eigenvalue weighted by atomic mass is 32.2. The number of rotatable bonds is 6. The van der Waals surface area contributed by atoms with Gasteiger partial charge < -0.3 is 10.1 Å². The van der Waals surface area contributed by atoms with Gasteiger partial charge in [-0.15, -0.1) is 11.3 Å². The highest BCUT2D eigenvalue weighted by molar-refractivity contribution is 7.91. The Morgan fingerprint density at radius 3 is 2.72 bits per heavy atom. The fraction of sp³-hybridized carbons (Fsp3) is 0.353. The van der Waals surface area contributed by atoms with Gasteiger partial charge in [0, 0.05) is 23.5 Å². The molecule has 1 N–H and O–H groups in total. The molecule has 0 unspecified atom stereocenters. The molecule has 3 rings (SSSR count). The number of sulfonamides is 1. The highest BCUT2D eigenvalue weighted by Crippen LogP contribution is 2.27. The van der Waals surface area contributed by atoms with E-state index in [9.17, 15) is 13.2 Å². The summed E-state index contributed by atoms with van der Waals surface area (Å²) in [4.78, 5) is 13.0. The van der Waals surface area contributed by atoms with E-state index in [2.05, 4.69) is 5.32 Å². The zero-order valence-corrected chi connectivity index (χ0v) is 15.5. The van der Waals surface area contributed by atoms with Crippen LogP contribution < -0.4 is 10.1 Å². The molecular formula is C17H20N2O4S2. The van der Waals surface area contributed by atoms with Crippen LogP contribution >= 0.6 is 11.3 Å². The molecule has 0 spiro atoms. The second-order valence-corrected chi connectivity index (χ2v) is 9.08. The number of carbonyl (C=O) groups excluding carboxylic acids is 1. The van der Waals surface area contributed by atoms with Crippen molar-refractivity contribution in [1.29, 1.82) is 0 Å². The second kappa shape index (κ2) is 7.55. The number of methoxy groups -OCH3 is 1. The first-order valence-electron chi connectivity index (χ1n) is 8.02. The molecule has 1 aromatic carbocycles. The number of benzene rings is 1. The minimum Gasteiger partial charge on any atom is -0.497 e. The smallest absolute Gasteiger partial charge is 0.252 e. The quantitative estimate of drug-likeness (QED) is 0.835. The number of ether oxygens (including phenoxy) is 1. The van der Waals surface area contributed by atoms with Crippen molar-refractivity contribution >= 4 is 27.3 Å². The molecule has 6 nitrogen and oxygen atoms in total. The lowest BCUT2D eigenvalue weighted by Crippen LogP contribution is -2.27. The molecule has 134 valence electrons. The van der Waals surface area contributed by atoms with Gasteiger partial charge in [0.2, 0.25) is 0 Å². The van der Waals surface area contributed by atoms with E-state index in [0.29, 0.717) is 28.6 Å². The Labute approximate surface area is 151 Å². The number of hydrogen-bond acceptors (Lipinski definition) is 5. The number of amides is 1. The molecule has 0 aliphatic carbocycles. The molecule has 1 aliphatic heterocycles. The summed E-state index contributed by atoms with van der Waals surface area (Å²) >= 11 is 1.20. The van der Waals surface area contributed by atoms with E-state index in [4.69, 9.17) is 4.74 Å². The number of nitrogens with one attached hydrogen (secondary N) is 1. The van der Waals surface area contributed by atoms with Crippen LogP contribution in [0.5, 0.6) is 5.75 Å². The predicted molar refractivity (Wildman–Crippen MR) is 96.5 cm³/mol. The monoisotopic (exact) mass is 380 g/mol. The molecular weight excluding hydrogens is 360 g/mol. The zero-order chi connectivity index (χ0) is 17.9. The van der Waals surface area contributed by atoms with Gasteiger partial charge in [0.1, 0.15) is 9.96 Å². The summed E-state index contributed by atoms with van der Waals surface area (Å²) in [6, 6.07) is 10.2. The standard InChI is InChI=1S/C17H20N2O4S2/c1-23-14-6-4-5-13(11-14)17(20)18-12-15-7-8-16(24-15)25(21,22)19-9-2-3-10-19/h4-8,11H,2-3,9-10,12H2,1H3,(H,18,20). The Morgan fingerprint density at radius 2 is 2.00 bits per heavy atom. The van der Waals surface area contributed by atoms with Gasteiger partial charge in [-0.2, -0.15) is 4.31 Å². The molecule has 0 saturated carbocycles. The average Bonchev–Trinajstić information content (AvgIpc) is 3.31. The first-order valence-corrected chi connectivity index (χ1v) is 10.3. The van der Waals surface area contributed by atoms with E-state index >= 15 is 0 Å². The normalized spacial score (nSPS) is 15.2. The van der Waals surface area contributed by atoms with Crippen LogP contribution in [-0.2, 0) is 16.6 Å². The summed E-state index contributed by atoms with van der Waals surface area (Å²) in [5, 5.41) is 2.81. The van der Waals surface area contributed by atoms with Gasteiger partial charge >= 0.3 is 0 Å². The summed E-state index contributed by atoms with van der Waals surface area (Å²) < 4.78 is 32.0. The van der Waals surface area contributed by atoms with Crippen LogP contribution in [0.3, 0.4) is 0 Å². The summed E-state index contributed by atoms with van der Waals surface area (Å²) in [6.07, 6.45) is 1.82. The van der Waals surface area contributed by atoms with Crippen LogP contribution in [0.25, 0.3) is 0 Å². The molecule has 1 fully saturated rings. The second-order valence-electron chi connectivity index (χ2n) is 5.75. The summed E-state index contributed by atoms with van der Waals surface area (Å²) in [7, 11) is -1.85. The largest absolute Gasteiger partial charge is 0.497 e. The molecule has 1 amide bonds. The lowest BCUT2D eigenvalue weighted by molar-refractivity contribution is 0.0951. The van der Waals surface area contributed by atoms with Gasteiger partial charge in [-0.1, -0.05) is 6.07 Å². The fourth-order valence-corrected chi connectivity index (χ4v) is 5.65. The molecule has 1 aliphatic rings. The molecule has 1 aromatic heterocycles. The zero-order valence-electron chi connectivity index (χ0n) is 13.9. The van der Waals surface area contributed by atoms with Gasteiger partial charge in [-0.05, 0) is 43.2 Å². The first kappa shape index (κ1) is 17.9. The van der Waals surface area contributed by atoms with Crippen LogP contribution in [0.15, 0.2) is 40.6 Å². The summed E-state index contributed by atoms with van der Waals surface area (Å²) in [5.41, 5.74) is 0.501. The Morgan fingerprint density at radius 1 is 1.24 bits per heavy atom. The van der Waals surface area contributed by atoms with Crippen LogP contribution in [0.2, 0.25) is 0 Å². The Kier molecular flexibility index (Phi) is 5.41. The van der Waals surface area contributed by atoms with Crippen molar-refractivity contribution in [3.8, 4) is 5.75 Å². The maximum atomic E-state index is 12.5. The third-order valence-electron chi connectivity index (χ3n) is 4.05. The Bertz CT molecular complexity index is 855. The lowest BCUT2D eigenvalue weighted by atomic mass is 10.2. The van der Waals surface area contributed by atoms with Crippen molar-refractivity contribution in [3.63, 3.8) is 0 Å². The minimum atomic E-state index is -3.39. The van der Waals surface area contributed by atoms with Crippen molar-refractivity contribution in [2.75, 3.05) is 20.2 Å². The Hall–Kier alpha value is -1.90. The number of nitrogens with zero attached hydrogens (tertiary/aromatic N) is 1. The van der Waals surface area contributed by atoms with Crippen LogP contribution in [-0.4, -0.2) is 38.8 Å². The maximum absolute atomic E-state index is 12.5.